The first kappa shape index (κ1) is 14.1. The molecule has 2 aliphatic rings. The molecule has 1 atom stereocenters. The highest BCUT2D eigenvalue weighted by Gasteiger charge is 2.27. The largest absolute Gasteiger partial charge is 0.468 e. The summed E-state index contributed by atoms with van der Waals surface area (Å²) in [5.41, 5.74) is 0. The van der Waals surface area contributed by atoms with Gasteiger partial charge in [-0.15, -0.1) is 0 Å². The molecule has 20 heavy (non-hydrogen) atoms. The summed E-state index contributed by atoms with van der Waals surface area (Å²) >= 11 is 0. The SMILES string of the molecule is c1coc(CNCCN2CCC(N3CCCCC3)C2)c1. The van der Waals surface area contributed by atoms with Gasteiger partial charge in [0, 0.05) is 25.7 Å². The van der Waals surface area contributed by atoms with Crippen LogP contribution in [0.4, 0.5) is 0 Å². The molecule has 2 fully saturated rings. The van der Waals surface area contributed by atoms with Crippen LogP contribution in [0.1, 0.15) is 31.4 Å². The number of rotatable bonds is 6. The molecule has 0 bridgehead atoms. The molecule has 0 spiro atoms. The van der Waals surface area contributed by atoms with E-state index in [0.717, 1.165) is 31.4 Å². The second-order valence-corrected chi connectivity index (χ2v) is 6.10. The average Bonchev–Trinajstić information content (AvgIpc) is 3.16. The predicted molar refractivity (Wildman–Crippen MR) is 80.7 cm³/mol. The zero-order chi connectivity index (χ0) is 13.6. The smallest absolute Gasteiger partial charge is 0.117 e. The predicted octanol–water partition coefficient (Wildman–Crippen LogP) is 1.93. The maximum Gasteiger partial charge on any atom is 0.117 e. The van der Waals surface area contributed by atoms with Gasteiger partial charge >= 0.3 is 0 Å². The molecule has 4 nitrogen and oxygen atoms in total. The van der Waals surface area contributed by atoms with Gasteiger partial charge in [-0.2, -0.15) is 0 Å². The quantitative estimate of drug-likeness (QED) is 0.805. The minimum atomic E-state index is 0.820. The molecular formula is C16H27N3O. The highest BCUT2D eigenvalue weighted by Crippen LogP contribution is 2.19. The molecule has 0 aliphatic carbocycles. The third-order valence-electron chi connectivity index (χ3n) is 4.64. The molecule has 3 rings (SSSR count). The Kier molecular flexibility index (Phi) is 5.12. The second kappa shape index (κ2) is 7.25. The van der Waals surface area contributed by atoms with E-state index in [4.69, 9.17) is 4.42 Å². The highest BCUT2D eigenvalue weighted by molar-refractivity contribution is 4.97. The Bertz CT molecular complexity index is 373. The van der Waals surface area contributed by atoms with E-state index in [1.54, 1.807) is 6.26 Å². The lowest BCUT2D eigenvalue weighted by Crippen LogP contribution is -2.41. The van der Waals surface area contributed by atoms with Crippen LogP contribution in [0.5, 0.6) is 0 Å². The number of nitrogens with zero attached hydrogens (tertiary/aromatic N) is 2. The first-order chi connectivity index (χ1) is 9.92. The average molecular weight is 277 g/mol. The molecule has 1 unspecified atom stereocenters. The summed E-state index contributed by atoms with van der Waals surface area (Å²) < 4.78 is 5.32. The molecule has 0 radical (unpaired) electrons. The van der Waals surface area contributed by atoms with E-state index >= 15 is 0 Å². The molecule has 2 aliphatic heterocycles. The Hall–Kier alpha value is -0.840. The zero-order valence-corrected chi connectivity index (χ0v) is 12.4. The lowest BCUT2D eigenvalue weighted by Gasteiger charge is -2.32. The van der Waals surface area contributed by atoms with Gasteiger partial charge in [0.2, 0.25) is 0 Å². The van der Waals surface area contributed by atoms with Crippen molar-refractivity contribution in [3.8, 4) is 0 Å². The summed E-state index contributed by atoms with van der Waals surface area (Å²) in [6.45, 7) is 8.24. The molecule has 1 N–H and O–H groups in total. The highest BCUT2D eigenvalue weighted by atomic mass is 16.3. The van der Waals surface area contributed by atoms with E-state index < -0.39 is 0 Å². The van der Waals surface area contributed by atoms with Crippen molar-refractivity contribution < 1.29 is 4.42 Å². The van der Waals surface area contributed by atoms with E-state index in [2.05, 4.69) is 15.1 Å². The van der Waals surface area contributed by atoms with Crippen molar-refractivity contribution in [2.24, 2.45) is 0 Å². The monoisotopic (exact) mass is 277 g/mol. The van der Waals surface area contributed by atoms with Crippen molar-refractivity contribution >= 4 is 0 Å². The molecule has 0 saturated carbocycles. The summed E-state index contributed by atoms with van der Waals surface area (Å²) in [5.74, 6) is 1.03. The van der Waals surface area contributed by atoms with Gasteiger partial charge in [-0.1, -0.05) is 6.42 Å². The van der Waals surface area contributed by atoms with Crippen molar-refractivity contribution in [1.29, 1.82) is 0 Å². The van der Waals surface area contributed by atoms with E-state index in [1.165, 1.54) is 51.9 Å². The topological polar surface area (TPSA) is 31.7 Å². The van der Waals surface area contributed by atoms with Crippen molar-refractivity contribution in [2.45, 2.75) is 38.3 Å². The fourth-order valence-electron chi connectivity index (χ4n) is 3.46. The van der Waals surface area contributed by atoms with Crippen LogP contribution in [0, 0.1) is 0 Å². The van der Waals surface area contributed by atoms with E-state index in [0.29, 0.717) is 0 Å². The second-order valence-electron chi connectivity index (χ2n) is 6.10. The van der Waals surface area contributed by atoms with Crippen LogP contribution in [0.2, 0.25) is 0 Å². The van der Waals surface area contributed by atoms with Crippen LogP contribution in [0.15, 0.2) is 22.8 Å². The van der Waals surface area contributed by atoms with Gasteiger partial charge < -0.3 is 14.6 Å². The Morgan fingerprint density at radius 1 is 1.20 bits per heavy atom. The van der Waals surface area contributed by atoms with E-state index in [-0.39, 0.29) is 0 Å². The van der Waals surface area contributed by atoms with Crippen LogP contribution in [0.3, 0.4) is 0 Å². The first-order valence-electron chi connectivity index (χ1n) is 8.11. The van der Waals surface area contributed by atoms with Crippen molar-refractivity contribution in [1.82, 2.24) is 15.1 Å². The molecular weight excluding hydrogens is 250 g/mol. The summed E-state index contributed by atoms with van der Waals surface area (Å²) in [7, 11) is 0. The minimum absolute atomic E-state index is 0.820. The molecule has 2 saturated heterocycles. The third kappa shape index (κ3) is 3.84. The number of hydrogen-bond acceptors (Lipinski definition) is 4. The van der Waals surface area contributed by atoms with Crippen LogP contribution < -0.4 is 5.32 Å². The fraction of sp³-hybridized carbons (Fsp3) is 0.750. The van der Waals surface area contributed by atoms with E-state index in [1.807, 2.05) is 12.1 Å². The van der Waals surface area contributed by atoms with Gasteiger partial charge in [-0.25, -0.2) is 0 Å². The Labute approximate surface area is 122 Å². The molecule has 4 heteroatoms. The summed E-state index contributed by atoms with van der Waals surface area (Å²) in [4.78, 5) is 5.33. The summed E-state index contributed by atoms with van der Waals surface area (Å²) in [5, 5.41) is 3.46. The van der Waals surface area contributed by atoms with Gasteiger partial charge in [0.25, 0.3) is 0 Å². The maximum absolute atomic E-state index is 5.32. The lowest BCUT2D eigenvalue weighted by atomic mass is 10.1. The van der Waals surface area contributed by atoms with Crippen LogP contribution >= 0.6 is 0 Å². The number of furan rings is 1. The number of hydrogen-bond donors (Lipinski definition) is 1. The van der Waals surface area contributed by atoms with Crippen molar-refractivity contribution in [3.63, 3.8) is 0 Å². The Morgan fingerprint density at radius 3 is 2.90 bits per heavy atom. The first-order valence-corrected chi connectivity index (χ1v) is 8.11. The molecule has 0 aromatic carbocycles. The molecule has 112 valence electrons. The molecule has 1 aromatic rings. The van der Waals surface area contributed by atoms with Gasteiger partial charge in [-0.3, -0.25) is 4.90 Å². The fourth-order valence-corrected chi connectivity index (χ4v) is 3.46. The number of likely N-dealkylation sites (tertiary alicyclic amines) is 2. The molecule has 0 amide bonds. The van der Waals surface area contributed by atoms with Gasteiger partial charge in [0.15, 0.2) is 0 Å². The number of piperidine rings is 1. The van der Waals surface area contributed by atoms with Crippen LogP contribution in [-0.2, 0) is 6.54 Å². The molecule has 3 heterocycles. The standard InChI is InChI=1S/C16H27N3O/c1-2-8-19(9-3-1)15-6-10-18(14-15)11-7-17-13-16-5-4-12-20-16/h4-5,12,15,17H,1-3,6-11,13-14H2. The van der Waals surface area contributed by atoms with Crippen molar-refractivity contribution in [2.75, 3.05) is 39.3 Å². The zero-order valence-electron chi connectivity index (χ0n) is 12.4. The Balaban J connectivity index is 1.31. The minimum Gasteiger partial charge on any atom is -0.468 e. The lowest BCUT2D eigenvalue weighted by molar-refractivity contribution is 0.162. The van der Waals surface area contributed by atoms with Gasteiger partial charge in [0.05, 0.1) is 12.8 Å². The number of nitrogens with one attached hydrogen (secondary N) is 1. The maximum atomic E-state index is 5.32. The third-order valence-corrected chi connectivity index (χ3v) is 4.64. The Morgan fingerprint density at radius 2 is 2.10 bits per heavy atom. The normalized spacial score (nSPS) is 25.3. The van der Waals surface area contributed by atoms with Crippen molar-refractivity contribution in [3.05, 3.63) is 24.2 Å². The van der Waals surface area contributed by atoms with Crippen LogP contribution in [0.25, 0.3) is 0 Å². The van der Waals surface area contributed by atoms with Gasteiger partial charge in [-0.05, 0) is 51.0 Å². The molecule has 1 aromatic heterocycles. The van der Waals surface area contributed by atoms with E-state index in [9.17, 15) is 0 Å². The van der Waals surface area contributed by atoms with Crippen LogP contribution in [-0.4, -0.2) is 55.1 Å². The summed E-state index contributed by atoms with van der Waals surface area (Å²) in [6, 6.07) is 4.79. The summed E-state index contributed by atoms with van der Waals surface area (Å²) in [6.07, 6.45) is 7.34. The van der Waals surface area contributed by atoms with Gasteiger partial charge in [0.1, 0.15) is 5.76 Å².